The van der Waals surface area contributed by atoms with Crippen LogP contribution >= 0.6 is 54.2 Å². The first-order chi connectivity index (χ1) is 9.15. The quantitative estimate of drug-likeness (QED) is 0.493. The molecule has 0 aromatic heterocycles. The van der Waals surface area contributed by atoms with Crippen molar-refractivity contribution in [2.75, 3.05) is 21.3 Å². The molecule has 0 spiro atoms. The third kappa shape index (κ3) is 77.3. The molecule has 0 unspecified atom stereocenters. The summed E-state index contributed by atoms with van der Waals surface area (Å²) in [6, 6.07) is 0. The molecule has 0 atom stereocenters. The van der Waals surface area contributed by atoms with Crippen molar-refractivity contribution in [1.29, 1.82) is 0 Å². The van der Waals surface area contributed by atoms with Crippen molar-refractivity contribution >= 4 is 65.8 Å². The van der Waals surface area contributed by atoms with E-state index in [9.17, 15) is 14.2 Å². The average Bonchev–Trinajstić information content (AvgIpc) is 2.24. The van der Waals surface area contributed by atoms with E-state index in [0.29, 0.717) is 0 Å². The first-order valence-corrected chi connectivity index (χ1v) is 8.09. The van der Waals surface area contributed by atoms with Crippen molar-refractivity contribution in [3.05, 3.63) is 0 Å². The summed E-state index contributed by atoms with van der Waals surface area (Å²) in [4.78, 5) is 18.9. The SMILES string of the molecule is CC(C)=O.CC(C)=O.COP(=O)(OC)OC.ClC(Cl)(Cl)Cl. The summed E-state index contributed by atoms with van der Waals surface area (Å²) in [7, 11) is 0.611. The molecule has 0 N–H and O–H groups in total. The van der Waals surface area contributed by atoms with Gasteiger partial charge in [0.05, 0.1) is 0 Å². The Morgan fingerprint density at radius 2 is 0.857 bits per heavy atom. The first kappa shape index (κ1) is 29.6. The molecule has 0 heterocycles. The van der Waals surface area contributed by atoms with Gasteiger partial charge in [-0.05, 0) is 27.7 Å². The molecule has 130 valence electrons. The second-order valence-corrected chi connectivity index (χ2v) is 8.66. The lowest BCUT2D eigenvalue weighted by atomic mass is 10.6. The zero-order valence-corrected chi connectivity index (χ0v) is 16.8. The highest BCUT2D eigenvalue weighted by Crippen LogP contribution is 2.46. The molecule has 0 aliphatic carbocycles. The van der Waals surface area contributed by atoms with Gasteiger partial charge in [0.15, 0.2) is 0 Å². The summed E-state index contributed by atoms with van der Waals surface area (Å²) in [6.07, 6.45) is 0. The fourth-order valence-corrected chi connectivity index (χ4v) is 0.671. The smallest absolute Gasteiger partial charge is 0.300 e. The summed E-state index contributed by atoms with van der Waals surface area (Å²) >= 11 is 19.3. The van der Waals surface area contributed by atoms with Gasteiger partial charge in [-0.25, -0.2) is 4.57 Å². The van der Waals surface area contributed by atoms with Crippen molar-refractivity contribution in [3.8, 4) is 0 Å². The van der Waals surface area contributed by atoms with E-state index < -0.39 is 11.1 Å². The molecular formula is C10H21Cl4O6P. The minimum absolute atomic E-state index is 0.167. The van der Waals surface area contributed by atoms with Crippen LogP contribution < -0.4 is 0 Å². The molecule has 0 aliphatic heterocycles. The standard InChI is InChI=1S/C3H9O4P.2C3H6O.CCl4/c1-5-8(4,6-2)7-3;2*1-3(2)4;2-1(3,4)5/h1-3H3;2*1-2H3;. The third-order valence-corrected chi connectivity index (χ3v) is 2.01. The van der Waals surface area contributed by atoms with Gasteiger partial charge in [0.25, 0.3) is 3.25 Å². The number of alkyl halides is 4. The van der Waals surface area contributed by atoms with Gasteiger partial charge in [-0.1, -0.05) is 46.4 Å². The molecule has 0 bridgehead atoms. The van der Waals surface area contributed by atoms with E-state index in [-0.39, 0.29) is 11.6 Å². The number of hydrogen-bond acceptors (Lipinski definition) is 6. The van der Waals surface area contributed by atoms with Crippen molar-refractivity contribution in [1.82, 2.24) is 0 Å². The molecule has 0 rings (SSSR count). The van der Waals surface area contributed by atoms with Crippen LogP contribution in [0.1, 0.15) is 27.7 Å². The number of Topliss-reactive ketones (excluding diaryl/α,β-unsaturated/α-hetero) is 2. The van der Waals surface area contributed by atoms with Gasteiger partial charge in [0.1, 0.15) is 11.6 Å². The van der Waals surface area contributed by atoms with E-state index in [1.807, 2.05) is 0 Å². The molecule has 0 amide bonds. The highest BCUT2D eigenvalue weighted by Gasteiger charge is 2.18. The highest BCUT2D eigenvalue weighted by molar-refractivity contribution is 7.48. The van der Waals surface area contributed by atoms with E-state index in [1.54, 1.807) is 0 Å². The zero-order chi connectivity index (χ0) is 18.3. The van der Waals surface area contributed by atoms with E-state index in [1.165, 1.54) is 49.0 Å². The maximum absolute atomic E-state index is 10.7. The Labute approximate surface area is 145 Å². The maximum Gasteiger partial charge on any atom is 0.473 e. The lowest BCUT2D eigenvalue weighted by molar-refractivity contribution is -0.115. The summed E-state index contributed by atoms with van der Waals surface area (Å²) in [5.41, 5.74) is 0. The average molecular weight is 410 g/mol. The van der Waals surface area contributed by atoms with E-state index >= 15 is 0 Å². The molecular weight excluding hydrogens is 389 g/mol. The Kier molecular flexibility index (Phi) is 23.9. The largest absolute Gasteiger partial charge is 0.473 e. The van der Waals surface area contributed by atoms with Crippen LogP contribution in [0.2, 0.25) is 0 Å². The number of ketones is 2. The second kappa shape index (κ2) is 17.0. The topological polar surface area (TPSA) is 78.9 Å². The molecule has 0 saturated carbocycles. The summed E-state index contributed by atoms with van der Waals surface area (Å²) in [5.74, 6) is 0.333. The Bertz CT molecular complexity index is 274. The fourth-order valence-electron chi connectivity index (χ4n) is 0.224. The molecule has 0 aromatic rings. The zero-order valence-electron chi connectivity index (χ0n) is 12.9. The molecule has 0 radical (unpaired) electrons. The molecule has 11 heteroatoms. The minimum Gasteiger partial charge on any atom is -0.300 e. The van der Waals surface area contributed by atoms with E-state index in [0.717, 1.165) is 0 Å². The molecule has 0 aliphatic rings. The molecule has 0 aromatic carbocycles. The number of carbonyl (C=O) groups excluding carboxylic acids is 2. The van der Waals surface area contributed by atoms with Crippen molar-refractivity contribution in [3.63, 3.8) is 0 Å². The number of halogens is 4. The van der Waals surface area contributed by atoms with Gasteiger partial charge in [-0.15, -0.1) is 0 Å². The van der Waals surface area contributed by atoms with Crippen LogP contribution in [0.15, 0.2) is 0 Å². The Balaban J connectivity index is -0.0000000970. The van der Waals surface area contributed by atoms with Crippen LogP contribution in [-0.4, -0.2) is 36.1 Å². The van der Waals surface area contributed by atoms with Gasteiger partial charge in [-0.2, -0.15) is 0 Å². The number of rotatable bonds is 3. The van der Waals surface area contributed by atoms with E-state index in [2.05, 4.69) is 13.6 Å². The van der Waals surface area contributed by atoms with Crippen molar-refractivity contribution < 1.29 is 27.7 Å². The summed E-state index contributed by atoms with van der Waals surface area (Å²) in [6.45, 7) is 6.11. The Hall–Kier alpha value is 0.610. The summed E-state index contributed by atoms with van der Waals surface area (Å²) in [5, 5.41) is 0. The number of carbonyl (C=O) groups is 2. The molecule has 6 nitrogen and oxygen atoms in total. The molecule has 0 saturated heterocycles. The second-order valence-electron chi connectivity index (χ2n) is 3.24. The fraction of sp³-hybridized carbons (Fsp3) is 0.800. The lowest BCUT2D eigenvalue weighted by Crippen LogP contribution is -1.88. The molecule has 0 fully saturated rings. The van der Waals surface area contributed by atoms with Crippen LogP contribution in [0.4, 0.5) is 0 Å². The Morgan fingerprint density at radius 1 is 0.762 bits per heavy atom. The Morgan fingerprint density at radius 3 is 0.857 bits per heavy atom. The normalized spacial score (nSPS) is 9.86. The van der Waals surface area contributed by atoms with Crippen LogP contribution in [0.3, 0.4) is 0 Å². The van der Waals surface area contributed by atoms with Crippen molar-refractivity contribution in [2.24, 2.45) is 0 Å². The monoisotopic (exact) mass is 408 g/mol. The summed E-state index contributed by atoms with van der Waals surface area (Å²) < 4.78 is 22.1. The van der Waals surface area contributed by atoms with Crippen LogP contribution in [0.25, 0.3) is 0 Å². The van der Waals surface area contributed by atoms with Crippen LogP contribution in [0.5, 0.6) is 0 Å². The van der Waals surface area contributed by atoms with Crippen LogP contribution in [-0.2, 0) is 27.7 Å². The third-order valence-electron chi connectivity index (χ3n) is 0.671. The molecule has 21 heavy (non-hydrogen) atoms. The number of phosphoric acid groups is 1. The van der Waals surface area contributed by atoms with Gasteiger partial charge in [0, 0.05) is 21.3 Å². The lowest BCUT2D eigenvalue weighted by Gasteiger charge is -2.08. The van der Waals surface area contributed by atoms with Crippen molar-refractivity contribution in [2.45, 2.75) is 30.9 Å². The van der Waals surface area contributed by atoms with Crippen LogP contribution in [0, 0.1) is 0 Å². The maximum atomic E-state index is 10.7. The van der Waals surface area contributed by atoms with Gasteiger partial charge < -0.3 is 9.59 Å². The highest BCUT2D eigenvalue weighted by atomic mass is 35.6. The minimum atomic E-state index is -3.16. The number of hydrogen-bond donors (Lipinski definition) is 0. The predicted octanol–water partition coefficient (Wildman–Crippen LogP) is 4.78. The predicted molar refractivity (Wildman–Crippen MR) is 87.5 cm³/mol. The van der Waals surface area contributed by atoms with Gasteiger partial charge in [0.2, 0.25) is 0 Å². The number of phosphoric ester groups is 1. The van der Waals surface area contributed by atoms with E-state index in [4.69, 9.17) is 46.4 Å². The van der Waals surface area contributed by atoms with Gasteiger partial charge in [-0.3, -0.25) is 13.6 Å². The van der Waals surface area contributed by atoms with Gasteiger partial charge >= 0.3 is 7.82 Å². The first-order valence-electron chi connectivity index (χ1n) is 5.12.